The highest BCUT2D eigenvalue weighted by molar-refractivity contribution is 5.17. The van der Waals surface area contributed by atoms with Crippen LogP contribution >= 0.6 is 0 Å². The fourth-order valence-electron chi connectivity index (χ4n) is 13.4. The summed E-state index contributed by atoms with van der Waals surface area (Å²) < 4.78 is 0. The van der Waals surface area contributed by atoms with E-state index in [4.69, 9.17) is 0 Å². The lowest BCUT2D eigenvalue weighted by atomic mass is 9.45. The van der Waals surface area contributed by atoms with E-state index in [9.17, 15) is 10.2 Å². The average molecular weight is 549 g/mol. The number of rotatable bonds is 0. The summed E-state index contributed by atoms with van der Waals surface area (Å²) in [6.45, 7) is 10.2. The van der Waals surface area contributed by atoms with E-state index in [1.54, 1.807) is 0 Å². The molecule has 8 rings (SSSR count). The Morgan fingerprint density at radius 3 is 1.35 bits per heavy atom. The number of fused-ring (bicyclic) bond motifs is 10. The largest absolute Gasteiger partial charge is 0.393 e. The minimum absolute atomic E-state index is 0.00775. The molecule has 0 aliphatic heterocycles. The third kappa shape index (κ3) is 4.30. The van der Waals surface area contributed by atoms with Gasteiger partial charge in [-0.25, -0.2) is 0 Å². The van der Waals surface area contributed by atoms with Crippen molar-refractivity contribution < 1.29 is 10.2 Å². The topological polar surface area (TPSA) is 40.5 Å². The van der Waals surface area contributed by atoms with E-state index in [-0.39, 0.29) is 12.2 Å². The highest BCUT2D eigenvalue weighted by Gasteiger charge is 2.58. The molecule has 40 heavy (non-hydrogen) atoms. The second kappa shape index (κ2) is 9.97. The van der Waals surface area contributed by atoms with Crippen LogP contribution in [0.3, 0.4) is 0 Å². The second-order valence-electron chi connectivity index (χ2n) is 17.5. The predicted octanol–water partition coefficient (Wildman–Crippen LogP) is 9.11. The predicted molar refractivity (Wildman–Crippen MR) is 165 cm³/mol. The van der Waals surface area contributed by atoms with E-state index in [2.05, 4.69) is 52.0 Å². The first-order valence-corrected chi connectivity index (χ1v) is 17.8. The van der Waals surface area contributed by atoms with Crippen LogP contribution in [0.4, 0.5) is 0 Å². The minimum atomic E-state index is -0.00775. The smallest absolute Gasteiger partial charge is 0.0543 e. The van der Waals surface area contributed by atoms with Gasteiger partial charge in [0.25, 0.3) is 0 Å². The standard InChI is InChI=1S/2C19H30O/c2*1-18-9-3-4-16(18)15-6-5-13-12-14(20)7-11-19(13,2)17(15)8-10-18/h2*3,9,13-17,20H,4-8,10-12H2,1-2H3/t2*13-,14+,15-,16-,17-,18-,19-/m00/s1. The summed E-state index contributed by atoms with van der Waals surface area (Å²) in [4.78, 5) is 0. The van der Waals surface area contributed by atoms with Crippen molar-refractivity contribution in [3.63, 3.8) is 0 Å². The molecule has 0 aromatic carbocycles. The Kier molecular flexibility index (Phi) is 7.03. The van der Waals surface area contributed by atoms with Gasteiger partial charge in [0, 0.05) is 0 Å². The van der Waals surface area contributed by atoms with Gasteiger partial charge in [-0.15, -0.1) is 0 Å². The molecule has 2 heteroatoms. The zero-order chi connectivity index (χ0) is 27.9. The molecule has 224 valence electrons. The molecule has 6 fully saturated rings. The van der Waals surface area contributed by atoms with Crippen molar-refractivity contribution in [1.29, 1.82) is 0 Å². The molecule has 0 unspecified atom stereocenters. The van der Waals surface area contributed by atoms with Crippen molar-refractivity contribution in [3.8, 4) is 0 Å². The van der Waals surface area contributed by atoms with Gasteiger partial charge in [0.2, 0.25) is 0 Å². The maximum Gasteiger partial charge on any atom is 0.0543 e. The molecule has 14 atom stereocenters. The highest BCUT2D eigenvalue weighted by Crippen LogP contribution is 2.66. The summed E-state index contributed by atoms with van der Waals surface area (Å²) in [6.07, 6.45) is 30.8. The van der Waals surface area contributed by atoms with Crippen LogP contribution in [0, 0.1) is 69.0 Å². The number of hydrogen-bond donors (Lipinski definition) is 2. The van der Waals surface area contributed by atoms with Gasteiger partial charge in [0.1, 0.15) is 0 Å². The lowest BCUT2D eigenvalue weighted by Gasteiger charge is -2.60. The van der Waals surface area contributed by atoms with E-state index in [1.807, 2.05) is 0 Å². The van der Waals surface area contributed by atoms with Gasteiger partial charge < -0.3 is 10.2 Å². The molecule has 8 aliphatic rings. The van der Waals surface area contributed by atoms with Crippen molar-refractivity contribution in [2.45, 2.75) is 143 Å². The molecule has 0 saturated heterocycles. The molecule has 0 bridgehead atoms. The van der Waals surface area contributed by atoms with Crippen molar-refractivity contribution in [3.05, 3.63) is 24.3 Å². The Bertz CT molecular complexity index is 935. The Balaban J connectivity index is 0.000000132. The quantitative estimate of drug-likeness (QED) is 0.296. The Hall–Kier alpha value is -0.600. The number of aliphatic hydroxyl groups is 2. The Labute approximate surface area is 245 Å². The highest BCUT2D eigenvalue weighted by atomic mass is 16.3. The Morgan fingerprint density at radius 1 is 0.500 bits per heavy atom. The molecule has 6 saturated carbocycles. The number of hydrogen-bond acceptors (Lipinski definition) is 2. The first-order chi connectivity index (χ1) is 19.1. The zero-order valence-corrected chi connectivity index (χ0v) is 26.3. The van der Waals surface area contributed by atoms with Crippen molar-refractivity contribution in [2.24, 2.45) is 69.0 Å². The lowest BCUT2D eigenvalue weighted by Crippen LogP contribution is -2.53. The minimum Gasteiger partial charge on any atom is -0.393 e. The normalized spacial score (nSPS) is 57.9. The molecule has 2 nitrogen and oxygen atoms in total. The van der Waals surface area contributed by atoms with E-state index in [0.717, 1.165) is 73.0 Å². The van der Waals surface area contributed by atoms with Crippen LogP contribution < -0.4 is 0 Å². The fourth-order valence-corrected chi connectivity index (χ4v) is 13.4. The average Bonchev–Trinajstić information content (AvgIpc) is 3.52. The molecule has 0 spiro atoms. The molecule has 0 aromatic rings. The van der Waals surface area contributed by atoms with Crippen LogP contribution in [-0.4, -0.2) is 22.4 Å². The zero-order valence-electron chi connectivity index (χ0n) is 26.3. The van der Waals surface area contributed by atoms with Crippen LogP contribution in [0.1, 0.15) is 130 Å². The van der Waals surface area contributed by atoms with Gasteiger partial charge in [-0.2, -0.15) is 0 Å². The van der Waals surface area contributed by atoms with Crippen LogP contribution in [-0.2, 0) is 0 Å². The third-order valence-corrected chi connectivity index (χ3v) is 15.9. The molecule has 0 radical (unpaired) electrons. The van der Waals surface area contributed by atoms with Crippen LogP contribution in [0.15, 0.2) is 24.3 Å². The first-order valence-electron chi connectivity index (χ1n) is 17.8. The third-order valence-electron chi connectivity index (χ3n) is 15.9. The summed E-state index contributed by atoms with van der Waals surface area (Å²) in [5, 5.41) is 20.1. The Morgan fingerprint density at radius 2 is 0.925 bits per heavy atom. The van der Waals surface area contributed by atoms with Gasteiger partial charge in [0.15, 0.2) is 0 Å². The molecular weight excluding hydrogens is 488 g/mol. The second-order valence-corrected chi connectivity index (χ2v) is 17.5. The fraction of sp³-hybridized carbons (Fsp3) is 0.895. The van der Waals surface area contributed by atoms with Crippen molar-refractivity contribution in [2.75, 3.05) is 0 Å². The molecule has 0 heterocycles. The summed E-state index contributed by atoms with van der Waals surface area (Å²) >= 11 is 0. The van der Waals surface area contributed by atoms with E-state index in [1.165, 1.54) is 77.0 Å². The van der Waals surface area contributed by atoms with Gasteiger partial charge >= 0.3 is 0 Å². The molecule has 0 amide bonds. The molecule has 2 N–H and O–H groups in total. The van der Waals surface area contributed by atoms with Crippen LogP contribution in [0.5, 0.6) is 0 Å². The molecular formula is C38H60O2. The van der Waals surface area contributed by atoms with E-state index >= 15 is 0 Å². The maximum atomic E-state index is 10.0. The molecule has 8 aliphatic carbocycles. The maximum absolute atomic E-state index is 10.0. The van der Waals surface area contributed by atoms with Gasteiger partial charge in [0.05, 0.1) is 12.2 Å². The number of aliphatic hydroxyl groups excluding tert-OH is 2. The molecule has 0 aromatic heterocycles. The van der Waals surface area contributed by atoms with Gasteiger partial charge in [-0.1, -0.05) is 52.0 Å². The van der Waals surface area contributed by atoms with Crippen LogP contribution in [0.2, 0.25) is 0 Å². The first kappa shape index (κ1) is 28.2. The lowest BCUT2D eigenvalue weighted by molar-refractivity contribution is -0.116. The van der Waals surface area contributed by atoms with E-state index < -0.39 is 0 Å². The summed E-state index contributed by atoms with van der Waals surface area (Å²) in [5.41, 5.74) is 2.09. The summed E-state index contributed by atoms with van der Waals surface area (Å²) in [5.74, 6) is 7.23. The summed E-state index contributed by atoms with van der Waals surface area (Å²) in [6, 6.07) is 0. The number of allylic oxidation sites excluding steroid dienone is 4. The summed E-state index contributed by atoms with van der Waals surface area (Å²) in [7, 11) is 0. The van der Waals surface area contributed by atoms with Gasteiger partial charge in [-0.3, -0.25) is 0 Å². The van der Waals surface area contributed by atoms with Crippen molar-refractivity contribution in [1.82, 2.24) is 0 Å². The monoisotopic (exact) mass is 548 g/mol. The van der Waals surface area contributed by atoms with Crippen molar-refractivity contribution >= 4 is 0 Å². The van der Waals surface area contributed by atoms with Crippen LogP contribution in [0.25, 0.3) is 0 Å². The van der Waals surface area contributed by atoms with E-state index in [0.29, 0.717) is 21.7 Å². The SMILES string of the molecule is C[C@]12CC[C@@H](O)C[C@@H]1CC[C@@H]1[C@@H]2CC[C@]2(C)C=CC[C@@H]12.C[C@]12CC[C@@H](O)C[C@@H]1CC[C@@H]1[C@@H]2CC[C@]2(C)C=CC[C@@H]12. The van der Waals surface area contributed by atoms with Gasteiger partial charge in [-0.05, 0) is 172 Å².